The standard InChI is InChI=1S/C20H24N2O6/c1-22(2)15-8-6-7-13(9-15)20(24)28-12-18(23)21-14-10-16(25-3)19(27-5)17(11-14)26-4/h6-11H,12H2,1-5H3,(H,21,23). The summed E-state index contributed by atoms with van der Waals surface area (Å²) in [5.41, 5.74) is 1.65. The highest BCUT2D eigenvalue weighted by molar-refractivity contribution is 5.96. The summed E-state index contributed by atoms with van der Waals surface area (Å²) in [6.45, 7) is -0.429. The van der Waals surface area contributed by atoms with E-state index >= 15 is 0 Å². The molecule has 0 atom stereocenters. The van der Waals surface area contributed by atoms with Crippen LogP contribution in [0.1, 0.15) is 10.4 Å². The van der Waals surface area contributed by atoms with E-state index in [1.807, 2.05) is 25.1 Å². The zero-order valence-electron chi connectivity index (χ0n) is 16.6. The highest BCUT2D eigenvalue weighted by Gasteiger charge is 2.16. The van der Waals surface area contributed by atoms with Gasteiger partial charge < -0.3 is 29.2 Å². The quantitative estimate of drug-likeness (QED) is 0.696. The number of esters is 1. The predicted octanol–water partition coefficient (Wildman–Crippen LogP) is 2.57. The first kappa shape index (κ1) is 20.9. The Hall–Kier alpha value is -3.42. The van der Waals surface area contributed by atoms with Crippen molar-refractivity contribution in [1.82, 2.24) is 0 Å². The molecule has 2 aromatic carbocycles. The van der Waals surface area contributed by atoms with Crippen LogP contribution in [0.2, 0.25) is 0 Å². The summed E-state index contributed by atoms with van der Waals surface area (Å²) in [6.07, 6.45) is 0. The first-order chi connectivity index (χ1) is 13.4. The molecule has 0 aliphatic rings. The number of hydrogen-bond acceptors (Lipinski definition) is 7. The van der Waals surface area contributed by atoms with Gasteiger partial charge in [-0.1, -0.05) is 6.07 Å². The summed E-state index contributed by atoms with van der Waals surface area (Å²) in [4.78, 5) is 26.2. The number of rotatable bonds is 8. The summed E-state index contributed by atoms with van der Waals surface area (Å²) in [5, 5.41) is 2.64. The monoisotopic (exact) mass is 388 g/mol. The summed E-state index contributed by atoms with van der Waals surface area (Å²) < 4.78 is 20.8. The fourth-order valence-corrected chi connectivity index (χ4v) is 2.48. The van der Waals surface area contributed by atoms with E-state index in [9.17, 15) is 9.59 Å². The molecule has 0 bridgehead atoms. The van der Waals surface area contributed by atoms with Crippen molar-refractivity contribution in [3.63, 3.8) is 0 Å². The average Bonchev–Trinajstić information content (AvgIpc) is 2.71. The maximum atomic E-state index is 12.2. The molecule has 0 aliphatic heterocycles. The Bertz CT molecular complexity index is 825. The number of methoxy groups -OCH3 is 3. The zero-order chi connectivity index (χ0) is 20.7. The van der Waals surface area contributed by atoms with E-state index in [2.05, 4.69) is 5.32 Å². The van der Waals surface area contributed by atoms with E-state index in [-0.39, 0.29) is 0 Å². The van der Waals surface area contributed by atoms with Crippen LogP contribution in [-0.4, -0.2) is 53.9 Å². The molecule has 0 radical (unpaired) electrons. The molecule has 0 saturated carbocycles. The third-order valence-corrected chi connectivity index (χ3v) is 3.88. The van der Waals surface area contributed by atoms with Gasteiger partial charge >= 0.3 is 5.97 Å². The summed E-state index contributed by atoms with van der Waals surface area (Å²) in [5.74, 6) is 0.134. The first-order valence-electron chi connectivity index (χ1n) is 8.44. The van der Waals surface area contributed by atoms with Crippen LogP contribution in [0, 0.1) is 0 Å². The van der Waals surface area contributed by atoms with E-state index in [0.29, 0.717) is 28.5 Å². The van der Waals surface area contributed by atoms with Gasteiger partial charge in [-0.25, -0.2) is 4.79 Å². The van der Waals surface area contributed by atoms with E-state index in [1.165, 1.54) is 21.3 Å². The molecule has 8 nitrogen and oxygen atoms in total. The predicted molar refractivity (Wildman–Crippen MR) is 106 cm³/mol. The molecule has 2 rings (SSSR count). The van der Waals surface area contributed by atoms with E-state index in [0.717, 1.165) is 5.69 Å². The molecule has 0 spiro atoms. The molecule has 0 unspecified atom stereocenters. The molecule has 1 amide bonds. The summed E-state index contributed by atoms with van der Waals surface area (Å²) in [6, 6.07) is 10.1. The molecule has 1 N–H and O–H groups in total. The minimum atomic E-state index is -0.580. The lowest BCUT2D eigenvalue weighted by atomic mass is 10.2. The molecule has 0 aliphatic carbocycles. The van der Waals surface area contributed by atoms with Gasteiger partial charge in [0.2, 0.25) is 5.75 Å². The van der Waals surface area contributed by atoms with E-state index in [1.54, 1.807) is 30.3 Å². The zero-order valence-corrected chi connectivity index (χ0v) is 16.6. The number of nitrogens with zero attached hydrogens (tertiary/aromatic N) is 1. The molecule has 28 heavy (non-hydrogen) atoms. The number of anilines is 2. The smallest absolute Gasteiger partial charge is 0.338 e. The van der Waals surface area contributed by atoms with Gasteiger partial charge in [-0.15, -0.1) is 0 Å². The van der Waals surface area contributed by atoms with Crippen LogP contribution >= 0.6 is 0 Å². The van der Waals surface area contributed by atoms with Crippen molar-refractivity contribution >= 4 is 23.3 Å². The topological polar surface area (TPSA) is 86.3 Å². The number of benzene rings is 2. The Morgan fingerprint density at radius 2 is 1.61 bits per heavy atom. The molecule has 0 fully saturated rings. The fourth-order valence-electron chi connectivity index (χ4n) is 2.48. The van der Waals surface area contributed by atoms with Crippen LogP contribution in [0.25, 0.3) is 0 Å². The van der Waals surface area contributed by atoms with Crippen LogP contribution in [-0.2, 0) is 9.53 Å². The van der Waals surface area contributed by atoms with Crippen molar-refractivity contribution in [2.45, 2.75) is 0 Å². The van der Waals surface area contributed by atoms with Gasteiger partial charge in [-0.3, -0.25) is 4.79 Å². The SMILES string of the molecule is COc1cc(NC(=O)COC(=O)c2cccc(N(C)C)c2)cc(OC)c1OC. The molecule has 0 saturated heterocycles. The van der Waals surface area contributed by atoms with Crippen LogP contribution in [0.3, 0.4) is 0 Å². The number of carbonyl (C=O) groups is 2. The summed E-state index contributed by atoms with van der Waals surface area (Å²) in [7, 11) is 8.19. The Morgan fingerprint density at radius 3 is 2.14 bits per heavy atom. The molecule has 0 heterocycles. The van der Waals surface area contributed by atoms with Crippen molar-refractivity contribution < 1.29 is 28.5 Å². The lowest BCUT2D eigenvalue weighted by Crippen LogP contribution is -2.21. The maximum absolute atomic E-state index is 12.2. The van der Waals surface area contributed by atoms with Crippen molar-refractivity contribution in [3.8, 4) is 17.2 Å². The molecular formula is C20H24N2O6. The van der Waals surface area contributed by atoms with Gasteiger partial charge in [0.05, 0.1) is 26.9 Å². The lowest BCUT2D eigenvalue weighted by Gasteiger charge is -2.15. The average molecular weight is 388 g/mol. The van der Waals surface area contributed by atoms with E-state index in [4.69, 9.17) is 18.9 Å². The molecule has 150 valence electrons. The van der Waals surface area contributed by atoms with Gasteiger partial charge in [0.15, 0.2) is 18.1 Å². The Balaban J connectivity index is 2.02. The minimum absolute atomic E-state index is 0.367. The normalized spacial score (nSPS) is 10.0. The van der Waals surface area contributed by atoms with Gasteiger partial charge in [-0.2, -0.15) is 0 Å². The number of amides is 1. The Morgan fingerprint density at radius 1 is 0.964 bits per heavy atom. The first-order valence-corrected chi connectivity index (χ1v) is 8.44. The van der Waals surface area contributed by atoms with Gasteiger partial charge in [0.1, 0.15) is 0 Å². The third-order valence-electron chi connectivity index (χ3n) is 3.88. The molecule has 0 aromatic heterocycles. The largest absolute Gasteiger partial charge is 0.493 e. The molecule has 8 heteroatoms. The van der Waals surface area contributed by atoms with Crippen LogP contribution in [0.5, 0.6) is 17.2 Å². The third kappa shape index (κ3) is 5.06. The molecular weight excluding hydrogens is 364 g/mol. The summed E-state index contributed by atoms with van der Waals surface area (Å²) >= 11 is 0. The van der Waals surface area contributed by atoms with Crippen LogP contribution in [0.4, 0.5) is 11.4 Å². The molecule has 2 aromatic rings. The van der Waals surface area contributed by atoms with Crippen molar-refractivity contribution in [3.05, 3.63) is 42.0 Å². The second kappa shape index (κ2) is 9.50. The number of ether oxygens (including phenoxy) is 4. The van der Waals surface area contributed by atoms with Crippen LogP contribution < -0.4 is 24.4 Å². The van der Waals surface area contributed by atoms with Crippen molar-refractivity contribution in [1.29, 1.82) is 0 Å². The minimum Gasteiger partial charge on any atom is -0.493 e. The fraction of sp³-hybridized carbons (Fsp3) is 0.300. The maximum Gasteiger partial charge on any atom is 0.338 e. The highest BCUT2D eigenvalue weighted by atomic mass is 16.5. The van der Waals surface area contributed by atoms with Gasteiger partial charge in [-0.05, 0) is 18.2 Å². The van der Waals surface area contributed by atoms with E-state index < -0.39 is 18.5 Å². The van der Waals surface area contributed by atoms with Gasteiger partial charge in [0, 0.05) is 37.6 Å². The highest BCUT2D eigenvalue weighted by Crippen LogP contribution is 2.39. The second-order valence-electron chi connectivity index (χ2n) is 5.98. The van der Waals surface area contributed by atoms with Crippen molar-refractivity contribution in [2.24, 2.45) is 0 Å². The van der Waals surface area contributed by atoms with Gasteiger partial charge in [0.25, 0.3) is 5.91 Å². The Labute approximate surface area is 163 Å². The number of hydrogen-bond donors (Lipinski definition) is 1. The Kier molecular flexibility index (Phi) is 7.08. The number of nitrogens with one attached hydrogen (secondary N) is 1. The lowest BCUT2D eigenvalue weighted by molar-refractivity contribution is -0.119. The number of carbonyl (C=O) groups excluding carboxylic acids is 2. The van der Waals surface area contributed by atoms with Crippen molar-refractivity contribution in [2.75, 3.05) is 52.2 Å². The second-order valence-corrected chi connectivity index (χ2v) is 5.98. The van der Waals surface area contributed by atoms with Crippen LogP contribution in [0.15, 0.2) is 36.4 Å².